The SMILES string of the molecule is COC(=O)N[C@H](C(=O)C[C@@H](Cc1ccc(C#Cc2cnc(N3CC4CCC(C3)N4C3COC3)cc2C)cc1)[C@@H](O)CN(Cc1c(F)cc(-c2ccn(C(F)F)n2)cc1F)NC(=O)[C@@H](NC(=O)OC)C(C)(C)C(F)(F)F)C(C)(C)C(F)(F)F. The van der Waals surface area contributed by atoms with E-state index in [1.54, 1.807) is 23.6 Å². The van der Waals surface area contributed by atoms with Gasteiger partial charge in [0, 0.05) is 79.3 Å². The number of rotatable bonds is 20. The van der Waals surface area contributed by atoms with Crippen LogP contribution in [0, 0.1) is 47.1 Å². The van der Waals surface area contributed by atoms with Crippen LogP contribution in [-0.4, -0.2) is 149 Å². The molecule has 5 heterocycles. The number of halogens is 10. The summed E-state index contributed by atoms with van der Waals surface area (Å²) in [4.78, 5) is 62.7. The van der Waals surface area contributed by atoms with Gasteiger partial charge in [0.25, 0.3) is 5.91 Å². The molecule has 0 aliphatic carbocycles. The van der Waals surface area contributed by atoms with E-state index in [1.165, 1.54) is 12.1 Å². The van der Waals surface area contributed by atoms with Crippen molar-refractivity contribution in [2.45, 2.75) is 122 Å². The number of pyridine rings is 1. The summed E-state index contributed by atoms with van der Waals surface area (Å²) >= 11 is 0. The standard InChI is InChI=1S/C55H63F10N9O8/c1-30-18-45(71-24-36-14-15-37(25-71)74(36)38-28-82-29-38)66-23-33(30)13-12-31-8-10-32(11-9-31)19-35(22-43(75)46(67-50(78)80-6)52(2,3)54(60,61)62)44(76)27-72(70-48(77)47(68-51(79)81-7)53(4,5)55(63,64)65)26-39-40(56)20-34(21-41(39)57)42-16-17-73(69-42)49(58)59/h8-11,16-18,20-21,23,35-38,44,46-47,49,76H,14-15,19,22,24-29H2,1-7H3,(H,67,78)(H,68,79)(H,70,77)/t35-,36?,37?,44+,46-,47-/m1/s1. The topological polar surface area (TPSA) is 193 Å². The Labute approximate surface area is 466 Å². The van der Waals surface area contributed by atoms with Gasteiger partial charge in [0.2, 0.25) is 0 Å². The number of piperazine rings is 1. The predicted molar refractivity (Wildman–Crippen MR) is 275 cm³/mol. The van der Waals surface area contributed by atoms with Gasteiger partial charge in [0.1, 0.15) is 29.5 Å². The van der Waals surface area contributed by atoms with Crippen LogP contribution in [-0.2, 0) is 36.8 Å². The van der Waals surface area contributed by atoms with Gasteiger partial charge in [-0.05, 0) is 107 Å². The minimum absolute atomic E-state index is 0.205. The summed E-state index contributed by atoms with van der Waals surface area (Å²) in [5, 5.41) is 20.0. The highest BCUT2D eigenvalue weighted by Crippen LogP contribution is 2.43. The van der Waals surface area contributed by atoms with Crippen LogP contribution in [0.15, 0.2) is 60.9 Å². The lowest BCUT2D eigenvalue weighted by Crippen LogP contribution is -2.62. The van der Waals surface area contributed by atoms with Crippen LogP contribution in [0.25, 0.3) is 11.3 Å². The number of Topliss-reactive ketones (excluding diaryl/α,β-unsaturated/α-hetero) is 1. The number of aromatic nitrogens is 3. The number of ether oxygens (including phenoxy) is 3. The minimum atomic E-state index is -5.22. The summed E-state index contributed by atoms with van der Waals surface area (Å²) in [5.41, 5.74) is -3.25. The van der Waals surface area contributed by atoms with E-state index in [4.69, 9.17) is 9.72 Å². The molecule has 446 valence electrons. The third-order valence-corrected chi connectivity index (χ3v) is 15.5. The molecule has 3 saturated heterocycles. The molecule has 3 aliphatic heterocycles. The monoisotopic (exact) mass is 1170 g/mol. The number of nitrogens with one attached hydrogen (secondary N) is 3. The van der Waals surface area contributed by atoms with Crippen molar-refractivity contribution in [2.75, 3.05) is 52.0 Å². The fourth-order valence-electron chi connectivity index (χ4n) is 10.2. The maximum atomic E-state index is 16.1. The van der Waals surface area contributed by atoms with Crippen LogP contribution in [0.5, 0.6) is 0 Å². The Balaban J connectivity index is 1.19. The molecule has 6 atom stereocenters. The van der Waals surface area contributed by atoms with E-state index in [0.29, 0.717) is 79.7 Å². The number of anilines is 1. The molecule has 7 rings (SSSR count). The average molecular weight is 1170 g/mol. The van der Waals surface area contributed by atoms with E-state index in [0.717, 1.165) is 77.0 Å². The third-order valence-electron chi connectivity index (χ3n) is 15.5. The Hall–Kier alpha value is -7.02. The molecule has 4 aromatic rings. The summed E-state index contributed by atoms with van der Waals surface area (Å²) in [6.07, 6.45) is -11.9. The second kappa shape index (κ2) is 25.2. The van der Waals surface area contributed by atoms with Crippen molar-refractivity contribution >= 4 is 29.7 Å². The number of aryl methyl sites for hydroxylation is 1. The van der Waals surface area contributed by atoms with Crippen molar-refractivity contribution < 1.29 is 82.4 Å². The minimum Gasteiger partial charge on any atom is -0.453 e. The van der Waals surface area contributed by atoms with E-state index in [9.17, 15) is 59.4 Å². The lowest BCUT2D eigenvalue weighted by molar-refractivity contribution is -0.221. The molecule has 3 amide bonds. The van der Waals surface area contributed by atoms with Crippen molar-refractivity contribution in [3.05, 3.63) is 100 Å². The van der Waals surface area contributed by atoms with Crippen molar-refractivity contribution in [2.24, 2.45) is 16.7 Å². The molecule has 0 radical (unpaired) electrons. The van der Waals surface area contributed by atoms with E-state index in [2.05, 4.69) is 41.6 Å². The van der Waals surface area contributed by atoms with Gasteiger partial charge in [-0.1, -0.05) is 24.0 Å². The van der Waals surface area contributed by atoms with Gasteiger partial charge in [-0.15, -0.1) is 0 Å². The molecule has 0 saturated carbocycles. The van der Waals surface area contributed by atoms with Gasteiger partial charge in [-0.3, -0.25) is 19.9 Å². The number of amides is 3. The van der Waals surface area contributed by atoms with Crippen LogP contribution >= 0.6 is 0 Å². The highest BCUT2D eigenvalue weighted by Gasteiger charge is 2.57. The molecule has 4 N–H and O–H groups in total. The Kier molecular flexibility index (Phi) is 19.3. The molecule has 2 aromatic heterocycles. The molecule has 2 bridgehead atoms. The zero-order valence-corrected chi connectivity index (χ0v) is 45.7. The number of hydrazine groups is 1. The Bertz CT molecular complexity index is 2980. The lowest BCUT2D eigenvalue weighted by atomic mass is 9.77. The lowest BCUT2D eigenvalue weighted by Gasteiger charge is -2.48. The first-order chi connectivity index (χ1) is 38.4. The number of alkyl carbamates (subject to hydrolysis) is 2. The maximum absolute atomic E-state index is 16.1. The van der Waals surface area contributed by atoms with E-state index < -0.39 is 114 Å². The van der Waals surface area contributed by atoms with Crippen molar-refractivity contribution in [1.29, 1.82) is 0 Å². The van der Waals surface area contributed by atoms with Crippen molar-refractivity contribution in [3.8, 4) is 23.1 Å². The molecular formula is C55H63F10N9O8. The number of carbonyl (C=O) groups is 4. The molecule has 3 fully saturated rings. The molecule has 0 spiro atoms. The van der Waals surface area contributed by atoms with Crippen LogP contribution in [0.3, 0.4) is 0 Å². The van der Waals surface area contributed by atoms with E-state index >= 15 is 8.78 Å². The smallest absolute Gasteiger partial charge is 0.407 e. The quantitative estimate of drug-likeness (QED) is 0.0378. The first kappa shape index (κ1) is 62.6. The van der Waals surface area contributed by atoms with Gasteiger partial charge >= 0.3 is 31.1 Å². The molecule has 82 heavy (non-hydrogen) atoms. The number of aliphatic hydroxyl groups excluding tert-OH is 1. The number of hydrogen-bond donors (Lipinski definition) is 4. The molecule has 3 aliphatic rings. The number of methoxy groups -OCH3 is 2. The second-order valence-corrected chi connectivity index (χ2v) is 21.7. The van der Waals surface area contributed by atoms with Crippen LogP contribution in [0.1, 0.15) is 81.3 Å². The van der Waals surface area contributed by atoms with Crippen molar-refractivity contribution in [1.82, 2.24) is 40.7 Å². The summed E-state index contributed by atoms with van der Waals surface area (Å²) < 4.78 is 161. The molecule has 27 heteroatoms. The fraction of sp³-hybridized carbons (Fsp3) is 0.527. The molecule has 2 aromatic carbocycles. The zero-order chi connectivity index (χ0) is 60.2. The Morgan fingerprint density at radius 1 is 0.829 bits per heavy atom. The number of alkyl halides is 8. The van der Waals surface area contributed by atoms with Gasteiger partial charge < -0.3 is 34.9 Å². The molecule has 2 unspecified atom stereocenters. The number of hydrogen-bond acceptors (Lipinski definition) is 13. The summed E-state index contributed by atoms with van der Waals surface area (Å²) in [7, 11) is 1.63. The molecule has 17 nitrogen and oxygen atoms in total. The second-order valence-electron chi connectivity index (χ2n) is 21.7. The predicted octanol–water partition coefficient (Wildman–Crippen LogP) is 8.02. The van der Waals surface area contributed by atoms with Gasteiger partial charge in [0.15, 0.2) is 5.78 Å². The summed E-state index contributed by atoms with van der Waals surface area (Å²) in [5.74, 6) is -0.276. The first-order valence-electron chi connectivity index (χ1n) is 26.0. The third kappa shape index (κ3) is 14.2. The maximum Gasteiger partial charge on any atom is 0.407 e. The highest BCUT2D eigenvalue weighted by atomic mass is 19.4. The van der Waals surface area contributed by atoms with Gasteiger partial charge in [0.05, 0.1) is 56.1 Å². The Morgan fingerprint density at radius 2 is 1.40 bits per heavy atom. The van der Waals surface area contributed by atoms with E-state index in [1.807, 2.05) is 18.3 Å². The van der Waals surface area contributed by atoms with Gasteiger partial charge in [-0.25, -0.2) is 33.0 Å². The normalized spacial score (nSPS) is 18.5. The highest BCUT2D eigenvalue weighted by molar-refractivity contribution is 5.89. The average Bonchev–Trinajstić information content (AvgIpc) is 4.15. The number of ketones is 1. The van der Waals surface area contributed by atoms with Crippen LogP contribution < -0.4 is 21.0 Å². The number of benzene rings is 2. The summed E-state index contributed by atoms with van der Waals surface area (Å²) in [6, 6.07) is 6.98. The van der Waals surface area contributed by atoms with E-state index in [-0.39, 0.29) is 22.4 Å². The largest absolute Gasteiger partial charge is 0.453 e. The number of fused-ring (bicyclic) bond motifs is 2. The summed E-state index contributed by atoms with van der Waals surface area (Å²) in [6.45, 7) is 2.16. The van der Waals surface area contributed by atoms with Gasteiger partial charge in [-0.2, -0.15) is 40.2 Å². The fourth-order valence-corrected chi connectivity index (χ4v) is 10.2. The number of aliphatic hydroxyl groups is 1. The van der Waals surface area contributed by atoms with Crippen LogP contribution in [0.4, 0.5) is 59.3 Å². The number of nitrogens with zero attached hydrogens (tertiary/aromatic N) is 6. The Morgan fingerprint density at radius 3 is 1.91 bits per heavy atom. The molecular weight excluding hydrogens is 1100 g/mol. The van der Waals surface area contributed by atoms with Crippen molar-refractivity contribution in [3.63, 3.8) is 0 Å². The van der Waals surface area contributed by atoms with Crippen LogP contribution in [0.2, 0.25) is 0 Å². The first-order valence-corrected chi connectivity index (χ1v) is 26.0. The zero-order valence-electron chi connectivity index (χ0n) is 45.7. The number of carbonyl (C=O) groups excluding carboxylic acids is 4.